The summed E-state index contributed by atoms with van der Waals surface area (Å²) in [6, 6.07) is 11.6. The van der Waals surface area contributed by atoms with Gasteiger partial charge in [0.15, 0.2) is 0 Å². The lowest BCUT2D eigenvalue weighted by atomic mass is 10.0. The number of thiophene rings is 1. The van der Waals surface area contributed by atoms with Crippen molar-refractivity contribution in [2.24, 2.45) is 5.73 Å². The predicted molar refractivity (Wildman–Crippen MR) is 95.4 cm³/mol. The van der Waals surface area contributed by atoms with Crippen LogP contribution in [-0.2, 0) is 17.8 Å². The standard InChI is InChI=1S/C18H21N3OS/c1-2-21(12-14-6-5-9-23-14)18(22)16(19)10-13-11-20-17-8-4-3-7-15(13)17/h3-9,11,16,20H,2,10,12,19H2,1H3/t16-/m0/s1. The van der Waals surface area contributed by atoms with Gasteiger partial charge in [0.05, 0.1) is 12.6 Å². The number of nitrogens with two attached hydrogens (primary N) is 1. The van der Waals surface area contributed by atoms with Crippen LogP contribution in [0.15, 0.2) is 48.0 Å². The summed E-state index contributed by atoms with van der Waals surface area (Å²) in [5.41, 5.74) is 8.37. The summed E-state index contributed by atoms with van der Waals surface area (Å²) in [7, 11) is 0. The maximum atomic E-state index is 12.7. The maximum absolute atomic E-state index is 12.7. The van der Waals surface area contributed by atoms with Crippen LogP contribution in [0.1, 0.15) is 17.4 Å². The van der Waals surface area contributed by atoms with Crippen LogP contribution in [0.4, 0.5) is 0 Å². The van der Waals surface area contributed by atoms with E-state index in [4.69, 9.17) is 5.73 Å². The lowest BCUT2D eigenvalue weighted by Gasteiger charge is -2.23. The van der Waals surface area contributed by atoms with Gasteiger partial charge >= 0.3 is 0 Å². The smallest absolute Gasteiger partial charge is 0.240 e. The lowest BCUT2D eigenvalue weighted by Crippen LogP contribution is -2.44. The van der Waals surface area contributed by atoms with Gasteiger partial charge in [-0.2, -0.15) is 0 Å². The maximum Gasteiger partial charge on any atom is 0.240 e. The van der Waals surface area contributed by atoms with Crippen LogP contribution in [-0.4, -0.2) is 28.4 Å². The largest absolute Gasteiger partial charge is 0.361 e. The summed E-state index contributed by atoms with van der Waals surface area (Å²) in [5.74, 6) is 0.00572. The van der Waals surface area contributed by atoms with E-state index in [1.807, 2.05) is 53.7 Å². The second-order valence-electron chi connectivity index (χ2n) is 5.60. The summed E-state index contributed by atoms with van der Waals surface area (Å²) < 4.78 is 0. The number of nitrogens with one attached hydrogen (secondary N) is 1. The number of likely N-dealkylation sites (N-methyl/N-ethyl adjacent to an activating group) is 1. The van der Waals surface area contributed by atoms with Crippen molar-refractivity contribution >= 4 is 28.1 Å². The fourth-order valence-corrected chi connectivity index (χ4v) is 3.51. The molecule has 5 heteroatoms. The van der Waals surface area contributed by atoms with E-state index in [0.717, 1.165) is 16.5 Å². The van der Waals surface area contributed by atoms with Crippen LogP contribution in [0.5, 0.6) is 0 Å². The summed E-state index contributed by atoms with van der Waals surface area (Å²) in [4.78, 5) is 18.9. The molecule has 0 spiro atoms. The molecule has 0 aliphatic heterocycles. The van der Waals surface area contributed by atoms with Gasteiger partial charge < -0.3 is 15.6 Å². The molecular weight excluding hydrogens is 306 g/mol. The number of carbonyl (C=O) groups is 1. The van der Waals surface area contributed by atoms with E-state index < -0.39 is 6.04 Å². The van der Waals surface area contributed by atoms with Crippen molar-refractivity contribution in [1.29, 1.82) is 0 Å². The molecule has 0 bridgehead atoms. The number of hydrogen-bond donors (Lipinski definition) is 2. The highest BCUT2D eigenvalue weighted by atomic mass is 32.1. The zero-order valence-electron chi connectivity index (χ0n) is 13.2. The van der Waals surface area contributed by atoms with E-state index in [1.165, 1.54) is 4.88 Å². The second kappa shape index (κ2) is 6.98. The third-order valence-corrected chi connectivity index (χ3v) is 4.91. The van der Waals surface area contributed by atoms with Crippen molar-refractivity contribution in [3.8, 4) is 0 Å². The highest BCUT2D eigenvalue weighted by molar-refractivity contribution is 7.09. The fraction of sp³-hybridized carbons (Fsp3) is 0.278. The first-order chi connectivity index (χ1) is 11.2. The van der Waals surface area contributed by atoms with Crippen molar-refractivity contribution < 1.29 is 4.79 Å². The van der Waals surface area contributed by atoms with Crippen LogP contribution in [0.25, 0.3) is 10.9 Å². The molecule has 120 valence electrons. The normalized spacial score (nSPS) is 12.4. The van der Waals surface area contributed by atoms with E-state index in [-0.39, 0.29) is 5.91 Å². The number of aromatic nitrogens is 1. The highest BCUT2D eigenvalue weighted by Gasteiger charge is 2.21. The number of para-hydroxylation sites is 1. The minimum atomic E-state index is -0.519. The van der Waals surface area contributed by atoms with Gasteiger partial charge in [-0.05, 0) is 36.4 Å². The Labute approximate surface area is 139 Å². The second-order valence-corrected chi connectivity index (χ2v) is 6.63. The Morgan fingerprint density at radius 3 is 2.87 bits per heavy atom. The molecule has 1 atom stereocenters. The van der Waals surface area contributed by atoms with Crippen molar-refractivity contribution in [1.82, 2.24) is 9.88 Å². The molecule has 0 saturated carbocycles. The molecule has 4 nitrogen and oxygen atoms in total. The van der Waals surface area contributed by atoms with Gasteiger partial charge in [-0.1, -0.05) is 24.3 Å². The first kappa shape index (κ1) is 15.8. The Morgan fingerprint density at radius 1 is 1.30 bits per heavy atom. The van der Waals surface area contributed by atoms with Gasteiger partial charge in [0.25, 0.3) is 0 Å². The average Bonchev–Trinajstić information content (AvgIpc) is 3.22. The van der Waals surface area contributed by atoms with E-state index in [2.05, 4.69) is 11.1 Å². The minimum absolute atomic E-state index is 0.00572. The number of nitrogens with zero attached hydrogens (tertiary/aromatic N) is 1. The molecule has 2 heterocycles. The van der Waals surface area contributed by atoms with Crippen LogP contribution in [0.2, 0.25) is 0 Å². The third-order valence-electron chi connectivity index (χ3n) is 4.05. The predicted octanol–water partition coefficient (Wildman–Crippen LogP) is 3.15. The van der Waals surface area contributed by atoms with Crippen LogP contribution >= 0.6 is 11.3 Å². The van der Waals surface area contributed by atoms with E-state index in [1.54, 1.807) is 11.3 Å². The van der Waals surface area contributed by atoms with Crippen LogP contribution in [0, 0.1) is 0 Å². The zero-order chi connectivity index (χ0) is 16.2. The Hall–Kier alpha value is -2.11. The molecule has 0 aliphatic rings. The number of H-pyrrole nitrogens is 1. The SMILES string of the molecule is CCN(Cc1cccs1)C(=O)[C@@H](N)Cc1c[nH]c2ccccc12. The van der Waals surface area contributed by atoms with Gasteiger partial charge in [0.2, 0.25) is 5.91 Å². The molecule has 1 amide bonds. The molecule has 0 unspecified atom stereocenters. The van der Waals surface area contributed by atoms with E-state index >= 15 is 0 Å². The minimum Gasteiger partial charge on any atom is -0.361 e. The molecule has 3 N–H and O–H groups in total. The van der Waals surface area contributed by atoms with Crippen molar-refractivity contribution in [2.75, 3.05) is 6.54 Å². The Balaban J connectivity index is 1.71. The van der Waals surface area contributed by atoms with Crippen LogP contribution in [0.3, 0.4) is 0 Å². The lowest BCUT2D eigenvalue weighted by molar-refractivity contribution is -0.132. The quantitative estimate of drug-likeness (QED) is 0.730. The number of aromatic amines is 1. The van der Waals surface area contributed by atoms with E-state index in [0.29, 0.717) is 19.5 Å². The van der Waals surface area contributed by atoms with Gasteiger partial charge in [0, 0.05) is 28.5 Å². The molecule has 0 radical (unpaired) electrons. The van der Waals surface area contributed by atoms with Crippen molar-refractivity contribution in [3.05, 3.63) is 58.4 Å². The molecule has 0 fully saturated rings. The van der Waals surface area contributed by atoms with Crippen LogP contribution < -0.4 is 5.73 Å². The van der Waals surface area contributed by atoms with Crippen molar-refractivity contribution in [3.63, 3.8) is 0 Å². The Kier molecular flexibility index (Phi) is 4.79. The Morgan fingerprint density at radius 2 is 2.13 bits per heavy atom. The molecule has 3 aromatic rings. The molecule has 1 aromatic carbocycles. The molecule has 2 aromatic heterocycles. The number of amides is 1. The van der Waals surface area contributed by atoms with E-state index in [9.17, 15) is 4.79 Å². The molecule has 0 saturated heterocycles. The molecular formula is C18H21N3OS. The monoisotopic (exact) mass is 327 g/mol. The van der Waals surface area contributed by atoms with Gasteiger partial charge in [0.1, 0.15) is 0 Å². The van der Waals surface area contributed by atoms with Gasteiger partial charge in [-0.25, -0.2) is 0 Å². The Bertz CT molecular complexity index is 779. The average molecular weight is 327 g/mol. The van der Waals surface area contributed by atoms with Crippen molar-refractivity contribution in [2.45, 2.75) is 25.9 Å². The zero-order valence-corrected chi connectivity index (χ0v) is 14.0. The number of hydrogen-bond acceptors (Lipinski definition) is 3. The summed E-state index contributed by atoms with van der Waals surface area (Å²) in [6.07, 6.45) is 2.50. The number of benzene rings is 1. The van der Waals surface area contributed by atoms with Gasteiger partial charge in [-0.15, -0.1) is 11.3 Å². The topological polar surface area (TPSA) is 62.1 Å². The summed E-state index contributed by atoms with van der Waals surface area (Å²) in [5, 5.41) is 3.16. The first-order valence-electron chi connectivity index (χ1n) is 7.80. The number of carbonyl (C=O) groups excluding carboxylic acids is 1. The molecule has 0 aliphatic carbocycles. The molecule has 23 heavy (non-hydrogen) atoms. The first-order valence-corrected chi connectivity index (χ1v) is 8.68. The fourth-order valence-electron chi connectivity index (χ4n) is 2.80. The number of fused-ring (bicyclic) bond motifs is 1. The molecule has 3 rings (SSSR count). The summed E-state index contributed by atoms with van der Waals surface area (Å²) >= 11 is 1.66. The van der Waals surface area contributed by atoms with Gasteiger partial charge in [-0.3, -0.25) is 4.79 Å². The third kappa shape index (κ3) is 3.46. The number of rotatable bonds is 6. The highest BCUT2D eigenvalue weighted by Crippen LogP contribution is 2.19. The summed E-state index contributed by atoms with van der Waals surface area (Å²) in [6.45, 7) is 3.29.